The standard InChI is InChI=1S/C23H23O2S.C3H5.2CH3.Sn/c24-26(25,22-16-8-2-9-17-22)23(19-11-4-12-20-23)18-10-3-7-15-21-13-5-1-6-14-21;1-3-2;;;/h1-2,5-6,8-9,11,13-14,16,19H,3-4,10,12,18,20H2;3H,1-2H2;2*1H3;. The van der Waals surface area contributed by atoms with Crippen molar-refractivity contribution in [1.82, 2.24) is 0 Å². The van der Waals surface area contributed by atoms with Gasteiger partial charge in [-0.2, -0.15) is 0 Å². The third-order valence-corrected chi connectivity index (χ3v) is 18.6. The van der Waals surface area contributed by atoms with Crippen LogP contribution in [0.2, 0.25) is 14.3 Å². The molecule has 4 heteroatoms. The van der Waals surface area contributed by atoms with Crippen molar-refractivity contribution >= 4 is 31.8 Å². The van der Waals surface area contributed by atoms with Crippen molar-refractivity contribution < 1.29 is 8.42 Å². The second kappa shape index (κ2) is 10.9. The fraction of sp³-hybridized carbons (Fsp3) is 0.357. The van der Waals surface area contributed by atoms with E-state index in [-0.39, 0.29) is 0 Å². The van der Waals surface area contributed by atoms with Crippen LogP contribution in [0.3, 0.4) is 0 Å². The molecule has 1 unspecified atom stereocenters. The number of benzene rings is 2. The summed E-state index contributed by atoms with van der Waals surface area (Å²) in [6.45, 7) is 3.93. The molecule has 0 aromatic heterocycles. The molecule has 0 saturated carbocycles. The van der Waals surface area contributed by atoms with Gasteiger partial charge in [0.25, 0.3) is 0 Å². The SMILES string of the molecule is C=C[CH2][Sn]([CH3])([CH3])[c]1ccccc1S(=O)(=O)C1(CCCC#Cc2ccccc2)C=CCCC1. The van der Waals surface area contributed by atoms with Crippen LogP contribution in [0.15, 0.2) is 84.3 Å². The van der Waals surface area contributed by atoms with Gasteiger partial charge >= 0.3 is 193 Å². The Morgan fingerprint density at radius 1 is 1.09 bits per heavy atom. The van der Waals surface area contributed by atoms with Crippen LogP contribution in [0.25, 0.3) is 0 Å². The minimum absolute atomic E-state index is 0.560. The molecule has 1 aliphatic carbocycles. The third-order valence-electron chi connectivity index (χ3n) is 6.40. The first-order chi connectivity index (χ1) is 15.3. The Hall–Kier alpha value is -1.77. The van der Waals surface area contributed by atoms with Gasteiger partial charge in [-0.3, -0.25) is 0 Å². The monoisotopic (exact) mass is 554 g/mol. The molecule has 32 heavy (non-hydrogen) atoms. The molecule has 0 saturated heterocycles. The second-order valence-electron chi connectivity index (χ2n) is 9.26. The van der Waals surface area contributed by atoms with Gasteiger partial charge in [-0.25, -0.2) is 0 Å². The zero-order valence-corrected chi connectivity index (χ0v) is 23.0. The number of hydrogen-bond acceptors (Lipinski definition) is 2. The van der Waals surface area contributed by atoms with Gasteiger partial charge in [0.1, 0.15) is 0 Å². The molecule has 0 spiro atoms. The van der Waals surface area contributed by atoms with Crippen LogP contribution in [0.5, 0.6) is 0 Å². The number of hydrogen-bond donors (Lipinski definition) is 0. The van der Waals surface area contributed by atoms with Gasteiger partial charge in [-0.05, 0) is 0 Å². The van der Waals surface area contributed by atoms with E-state index in [0.29, 0.717) is 24.2 Å². The predicted molar refractivity (Wildman–Crippen MR) is 139 cm³/mol. The van der Waals surface area contributed by atoms with Gasteiger partial charge in [-0.1, -0.05) is 6.07 Å². The molecule has 0 heterocycles. The summed E-state index contributed by atoms with van der Waals surface area (Å²) >= 11 is -2.80. The molecular weight excluding hydrogens is 519 g/mol. The zero-order valence-electron chi connectivity index (χ0n) is 19.3. The topological polar surface area (TPSA) is 34.1 Å². The minimum atomic E-state index is -3.51. The maximum absolute atomic E-state index is 14.2. The van der Waals surface area contributed by atoms with Crippen LogP contribution in [-0.4, -0.2) is 31.5 Å². The Bertz CT molecular complexity index is 1120. The third kappa shape index (κ3) is 5.58. The summed E-state index contributed by atoms with van der Waals surface area (Å²) < 4.78 is 29.6. The van der Waals surface area contributed by atoms with Gasteiger partial charge in [0.15, 0.2) is 0 Å². The van der Waals surface area contributed by atoms with E-state index in [1.807, 2.05) is 60.7 Å². The van der Waals surface area contributed by atoms with Crippen LogP contribution >= 0.6 is 0 Å². The van der Waals surface area contributed by atoms with Crippen molar-refractivity contribution in [2.45, 2.75) is 62.5 Å². The summed E-state index contributed by atoms with van der Waals surface area (Å²) in [5.74, 6) is 6.42. The summed E-state index contributed by atoms with van der Waals surface area (Å²) in [5.41, 5.74) is 0.998. The Labute approximate surface area is 198 Å². The molecule has 3 rings (SSSR count). The molecule has 0 bridgehead atoms. The van der Waals surface area contributed by atoms with Crippen molar-refractivity contribution in [3.05, 3.63) is 85.0 Å². The molecule has 2 aromatic carbocycles. The Balaban J connectivity index is 1.89. The summed E-state index contributed by atoms with van der Waals surface area (Å²) in [4.78, 5) is 5.16. The first-order valence-corrected chi connectivity index (χ1v) is 22.1. The molecule has 0 amide bonds. The quantitative estimate of drug-likeness (QED) is 0.167. The number of allylic oxidation sites excluding steroid dienone is 2. The molecule has 2 nitrogen and oxygen atoms in total. The van der Waals surface area contributed by atoms with E-state index >= 15 is 0 Å². The second-order valence-corrected chi connectivity index (χ2v) is 25.0. The summed E-state index contributed by atoms with van der Waals surface area (Å²) in [7, 11) is -3.51. The van der Waals surface area contributed by atoms with Gasteiger partial charge in [0.05, 0.1) is 0 Å². The van der Waals surface area contributed by atoms with E-state index in [1.165, 1.54) is 0 Å². The molecular formula is C28H34O2SSn. The van der Waals surface area contributed by atoms with E-state index < -0.39 is 33.0 Å². The van der Waals surface area contributed by atoms with Crippen LogP contribution in [0, 0.1) is 11.8 Å². The van der Waals surface area contributed by atoms with Crippen LogP contribution in [-0.2, 0) is 9.84 Å². The van der Waals surface area contributed by atoms with Gasteiger partial charge in [0, 0.05) is 0 Å². The summed E-state index contributed by atoms with van der Waals surface area (Å²) in [5, 5.41) is 0. The van der Waals surface area contributed by atoms with Crippen LogP contribution in [0.1, 0.15) is 44.1 Å². The molecule has 0 fully saturated rings. The summed E-state index contributed by atoms with van der Waals surface area (Å²) in [6, 6.07) is 17.7. The van der Waals surface area contributed by atoms with Gasteiger partial charge < -0.3 is 0 Å². The van der Waals surface area contributed by atoms with Crippen LogP contribution in [0.4, 0.5) is 0 Å². The zero-order chi connectivity index (χ0) is 23.1. The normalized spacial score (nSPS) is 18.6. The molecule has 1 atom stereocenters. The molecule has 2 aromatic rings. The fourth-order valence-electron chi connectivity index (χ4n) is 4.58. The van der Waals surface area contributed by atoms with Crippen LogP contribution < -0.4 is 3.58 Å². The Morgan fingerprint density at radius 2 is 1.81 bits per heavy atom. The fourth-order valence-corrected chi connectivity index (χ4v) is 16.1. The first-order valence-electron chi connectivity index (χ1n) is 11.5. The molecule has 1 aliphatic rings. The van der Waals surface area contributed by atoms with Crippen molar-refractivity contribution in [1.29, 1.82) is 0 Å². The average molecular weight is 553 g/mol. The number of rotatable bonds is 8. The molecule has 0 N–H and O–H groups in total. The van der Waals surface area contributed by atoms with Crippen molar-refractivity contribution in [3.63, 3.8) is 0 Å². The Kier molecular flexibility index (Phi) is 8.47. The molecule has 0 aliphatic heterocycles. The maximum atomic E-state index is 14.2. The average Bonchev–Trinajstić information content (AvgIpc) is 2.80. The van der Waals surface area contributed by atoms with E-state index in [4.69, 9.17) is 0 Å². The Morgan fingerprint density at radius 3 is 2.50 bits per heavy atom. The van der Waals surface area contributed by atoms with Gasteiger partial charge in [0.2, 0.25) is 0 Å². The molecule has 0 radical (unpaired) electrons. The number of sulfone groups is 1. The van der Waals surface area contributed by atoms with E-state index in [2.05, 4.69) is 40.4 Å². The predicted octanol–water partition coefficient (Wildman–Crippen LogP) is 6.26. The van der Waals surface area contributed by atoms with Gasteiger partial charge in [-0.15, -0.1) is 0 Å². The van der Waals surface area contributed by atoms with Crippen molar-refractivity contribution in [2.24, 2.45) is 0 Å². The number of unbranched alkanes of at least 4 members (excludes halogenated alkanes) is 1. The van der Waals surface area contributed by atoms with E-state index in [0.717, 1.165) is 32.8 Å². The van der Waals surface area contributed by atoms with Crippen molar-refractivity contribution in [2.75, 3.05) is 0 Å². The van der Waals surface area contributed by atoms with Crippen molar-refractivity contribution in [3.8, 4) is 11.8 Å². The molecule has 168 valence electrons. The van der Waals surface area contributed by atoms with E-state index in [1.54, 1.807) is 0 Å². The first kappa shape index (κ1) is 24.9. The van der Waals surface area contributed by atoms with E-state index in [9.17, 15) is 8.42 Å². The summed E-state index contributed by atoms with van der Waals surface area (Å²) in [6.07, 6.45) is 10.6.